The molecule has 2 heterocycles. The van der Waals surface area contributed by atoms with E-state index in [2.05, 4.69) is 39.8 Å². The van der Waals surface area contributed by atoms with Crippen LogP contribution in [0.2, 0.25) is 0 Å². The lowest BCUT2D eigenvalue weighted by molar-refractivity contribution is 0.197. The van der Waals surface area contributed by atoms with E-state index >= 15 is 0 Å². The monoisotopic (exact) mass is 534 g/mol. The number of piperidine rings is 1. The second kappa shape index (κ2) is 10.9. The average molecular weight is 534 g/mol. The average Bonchev–Trinajstić information content (AvgIpc) is 3.50. The zero-order valence-electron chi connectivity index (χ0n) is 18.3. The molecule has 0 bridgehead atoms. The molecular weight excluding hydrogens is 499 g/mol. The van der Waals surface area contributed by atoms with Crippen LogP contribution in [0, 0.1) is 0 Å². The van der Waals surface area contributed by atoms with Crippen LogP contribution in [-0.2, 0) is 19.3 Å². The molecule has 5 nitrogen and oxygen atoms in total. The van der Waals surface area contributed by atoms with Crippen LogP contribution in [0.25, 0.3) is 0 Å². The number of rotatable bonds is 6. The van der Waals surface area contributed by atoms with Crippen molar-refractivity contribution in [3.8, 4) is 0 Å². The molecule has 1 saturated carbocycles. The molecule has 1 atom stereocenters. The Labute approximate surface area is 203 Å². The van der Waals surface area contributed by atoms with Gasteiger partial charge in [-0.25, -0.2) is 0 Å². The van der Waals surface area contributed by atoms with Crippen LogP contribution in [0.1, 0.15) is 49.0 Å². The van der Waals surface area contributed by atoms with E-state index < -0.39 is 0 Å². The number of likely N-dealkylation sites (tertiary alicyclic amines) is 1. The van der Waals surface area contributed by atoms with Crippen LogP contribution in [-0.4, -0.2) is 48.6 Å². The van der Waals surface area contributed by atoms with Crippen molar-refractivity contribution >= 4 is 29.9 Å². The maximum atomic E-state index is 5.48. The first-order valence-corrected chi connectivity index (χ1v) is 11.7. The van der Waals surface area contributed by atoms with Crippen molar-refractivity contribution in [2.75, 3.05) is 19.6 Å². The Morgan fingerprint density at radius 2 is 1.71 bits per heavy atom. The maximum Gasteiger partial charge on any atom is 0.191 e. The molecule has 0 amide bonds. The van der Waals surface area contributed by atoms with Crippen LogP contribution in [0.4, 0.5) is 0 Å². The smallest absolute Gasteiger partial charge is 0.191 e. The van der Waals surface area contributed by atoms with Crippen molar-refractivity contribution in [1.29, 1.82) is 0 Å². The van der Waals surface area contributed by atoms with Gasteiger partial charge in [-0.2, -0.15) is 0 Å². The molecule has 1 saturated heterocycles. The van der Waals surface area contributed by atoms with Crippen molar-refractivity contribution in [3.05, 3.63) is 59.5 Å². The van der Waals surface area contributed by atoms with Crippen molar-refractivity contribution in [2.45, 2.75) is 69.5 Å². The second-order valence-corrected chi connectivity index (χ2v) is 9.10. The highest BCUT2D eigenvalue weighted by Crippen LogP contribution is 2.29. The first kappa shape index (κ1) is 22.6. The molecule has 31 heavy (non-hydrogen) atoms. The number of aliphatic imine (C=N–C) groups is 1. The Kier molecular flexibility index (Phi) is 7.93. The van der Waals surface area contributed by atoms with Gasteiger partial charge in [-0.1, -0.05) is 24.3 Å². The topological polar surface area (TPSA) is 52.8 Å². The number of hydrogen-bond acceptors (Lipinski definition) is 3. The van der Waals surface area contributed by atoms with Gasteiger partial charge in [-0.05, 0) is 68.2 Å². The molecule has 3 aliphatic rings. The predicted octanol–water partition coefficient (Wildman–Crippen LogP) is 4.16. The molecule has 5 rings (SSSR count). The highest BCUT2D eigenvalue weighted by molar-refractivity contribution is 14.0. The molecule has 2 fully saturated rings. The third kappa shape index (κ3) is 6.25. The molecule has 0 spiro atoms. The number of nitrogens with one attached hydrogen (secondary N) is 2. The Hall–Kier alpha value is -1.54. The second-order valence-electron chi connectivity index (χ2n) is 9.10. The maximum absolute atomic E-state index is 5.48. The number of benzene rings is 1. The van der Waals surface area contributed by atoms with Gasteiger partial charge in [-0.15, -0.1) is 24.0 Å². The quantitative estimate of drug-likeness (QED) is 0.332. The Bertz CT molecular complexity index is 841. The normalized spacial score (nSPS) is 22.5. The Balaban J connectivity index is 0.00000231. The molecule has 2 N–H and O–H groups in total. The number of halogens is 1. The Morgan fingerprint density at radius 1 is 0.935 bits per heavy atom. The fraction of sp³-hybridized carbons (Fsp3) is 0.560. The summed E-state index contributed by atoms with van der Waals surface area (Å²) in [5, 5.41) is 7.53. The summed E-state index contributed by atoms with van der Waals surface area (Å²) in [6.45, 7) is 3.19. The number of guanidine groups is 1. The molecule has 1 aromatic carbocycles. The van der Waals surface area contributed by atoms with Gasteiger partial charge in [0.15, 0.2) is 5.96 Å². The standard InChI is InChI=1S/C25H34N4O.HI/c1-2-5-20-18-22(8-7-19(20)4-1)28-25(26-14-11-24-6-3-17-30-24)27-21-12-15-29(16-13-21)23-9-10-23;/h1-6,17,21-23H,7-16,18H2,(H2,26,27,28);1H. The molecular formula is C25H35IN4O. The first-order valence-electron chi connectivity index (χ1n) is 11.7. The highest BCUT2D eigenvalue weighted by Gasteiger charge is 2.32. The summed E-state index contributed by atoms with van der Waals surface area (Å²) < 4.78 is 5.48. The molecule has 2 aliphatic carbocycles. The number of fused-ring (bicyclic) bond motifs is 1. The van der Waals surface area contributed by atoms with E-state index in [-0.39, 0.29) is 24.0 Å². The van der Waals surface area contributed by atoms with E-state index in [9.17, 15) is 0 Å². The third-order valence-electron chi connectivity index (χ3n) is 6.83. The number of hydrogen-bond donors (Lipinski definition) is 2. The lowest BCUT2D eigenvalue weighted by Gasteiger charge is -2.34. The molecule has 1 aromatic heterocycles. The molecule has 0 radical (unpaired) electrons. The minimum Gasteiger partial charge on any atom is -0.469 e. The number of nitrogens with zero attached hydrogens (tertiary/aromatic N) is 2. The van der Waals surface area contributed by atoms with Gasteiger partial charge in [0.2, 0.25) is 0 Å². The molecule has 6 heteroatoms. The minimum absolute atomic E-state index is 0. The summed E-state index contributed by atoms with van der Waals surface area (Å²) in [5.74, 6) is 1.98. The van der Waals surface area contributed by atoms with E-state index in [0.29, 0.717) is 12.1 Å². The van der Waals surface area contributed by atoms with Crippen LogP contribution < -0.4 is 10.6 Å². The first-order chi connectivity index (χ1) is 14.8. The summed E-state index contributed by atoms with van der Waals surface area (Å²) in [4.78, 5) is 7.61. The largest absolute Gasteiger partial charge is 0.469 e. The van der Waals surface area contributed by atoms with Crippen molar-refractivity contribution in [3.63, 3.8) is 0 Å². The van der Waals surface area contributed by atoms with Crippen molar-refractivity contribution < 1.29 is 4.42 Å². The molecule has 168 valence electrons. The Morgan fingerprint density at radius 3 is 2.45 bits per heavy atom. The number of aryl methyl sites for hydroxylation is 1. The van der Waals surface area contributed by atoms with Gasteiger partial charge in [0.25, 0.3) is 0 Å². The molecule has 2 aromatic rings. The van der Waals surface area contributed by atoms with Crippen LogP contribution in [0.5, 0.6) is 0 Å². The van der Waals surface area contributed by atoms with Crippen LogP contribution >= 0.6 is 24.0 Å². The van der Waals surface area contributed by atoms with Gasteiger partial charge in [0.1, 0.15) is 5.76 Å². The fourth-order valence-electron chi connectivity index (χ4n) is 4.92. The van der Waals surface area contributed by atoms with Gasteiger partial charge in [0, 0.05) is 44.2 Å². The summed E-state index contributed by atoms with van der Waals surface area (Å²) in [7, 11) is 0. The minimum atomic E-state index is 0. The van der Waals surface area contributed by atoms with E-state index in [1.807, 2.05) is 12.1 Å². The SMILES string of the molecule is I.c1coc(CCN=C(NC2CCN(C3CC3)CC2)NC2CCc3ccccc3C2)c1. The lowest BCUT2D eigenvalue weighted by Crippen LogP contribution is -2.52. The van der Waals surface area contributed by atoms with E-state index in [0.717, 1.165) is 50.0 Å². The van der Waals surface area contributed by atoms with E-state index in [1.165, 1.54) is 49.9 Å². The van der Waals surface area contributed by atoms with Crippen molar-refractivity contribution in [1.82, 2.24) is 15.5 Å². The summed E-state index contributed by atoms with van der Waals surface area (Å²) in [6, 6.07) is 14.7. The summed E-state index contributed by atoms with van der Waals surface area (Å²) >= 11 is 0. The summed E-state index contributed by atoms with van der Waals surface area (Å²) in [6.07, 6.45) is 11.2. The lowest BCUT2D eigenvalue weighted by atomic mass is 9.88. The van der Waals surface area contributed by atoms with Gasteiger partial charge < -0.3 is 20.0 Å². The highest BCUT2D eigenvalue weighted by atomic mass is 127. The third-order valence-corrected chi connectivity index (χ3v) is 6.83. The van der Waals surface area contributed by atoms with Gasteiger partial charge in [0.05, 0.1) is 6.26 Å². The van der Waals surface area contributed by atoms with E-state index in [1.54, 1.807) is 6.26 Å². The predicted molar refractivity (Wildman–Crippen MR) is 136 cm³/mol. The van der Waals surface area contributed by atoms with Crippen LogP contribution in [0.15, 0.2) is 52.1 Å². The van der Waals surface area contributed by atoms with Gasteiger partial charge >= 0.3 is 0 Å². The zero-order valence-corrected chi connectivity index (χ0v) is 20.6. The zero-order chi connectivity index (χ0) is 20.2. The number of furan rings is 1. The fourth-order valence-corrected chi connectivity index (χ4v) is 4.92. The van der Waals surface area contributed by atoms with Crippen molar-refractivity contribution in [2.24, 2.45) is 4.99 Å². The van der Waals surface area contributed by atoms with Crippen LogP contribution in [0.3, 0.4) is 0 Å². The molecule has 1 aliphatic heterocycles. The van der Waals surface area contributed by atoms with Gasteiger partial charge in [-0.3, -0.25) is 4.99 Å². The van der Waals surface area contributed by atoms with E-state index in [4.69, 9.17) is 9.41 Å². The molecule has 1 unspecified atom stereocenters. The summed E-state index contributed by atoms with van der Waals surface area (Å²) in [5.41, 5.74) is 2.99.